The molecule has 0 aliphatic carbocycles. The number of aromatic nitrogens is 1. The fourth-order valence-corrected chi connectivity index (χ4v) is 3.53. The topological polar surface area (TPSA) is 61.8 Å². The van der Waals surface area contributed by atoms with Crippen molar-refractivity contribution in [3.63, 3.8) is 0 Å². The number of guanidine groups is 1. The fourth-order valence-electron chi connectivity index (χ4n) is 3.53. The number of hydrogen-bond acceptors (Lipinski definition) is 4. The summed E-state index contributed by atoms with van der Waals surface area (Å²) in [5, 5.41) is 6.86. The lowest BCUT2D eigenvalue weighted by molar-refractivity contribution is -0.0498. The van der Waals surface area contributed by atoms with Gasteiger partial charge in [-0.25, -0.2) is 0 Å². The van der Waals surface area contributed by atoms with E-state index >= 15 is 0 Å². The summed E-state index contributed by atoms with van der Waals surface area (Å²) < 4.78 is 29.1. The van der Waals surface area contributed by atoms with Gasteiger partial charge in [-0.05, 0) is 62.1 Å². The highest BCUT2D eigenvalue weighted by atomic mass is 19.3. The number of ether oxygens (including phenoxy) is 1. The molecule has 8 heteroatoms. The maximum atomic E-state index is 12.3. The highest BCUT2D eigenvalue weighted by Crippen LogP contribution is 2.23. The molecule has 1 saturated heterocycles. The number of pyridine rings is 1. The average molecular weight is 418 g/mol. The summed E-state index contributed by atoms with van der Waals surface area (Å²) in [5.74, 6) is 0.955. The second kappa shape index (κ2) is 10.8. The second-order valence-corrected chi connectivity index (χ2v) is 7.36. The summed E-state index contributed by atoms with van der Waals surface area (Å²) in [7, 11) is 1.77. The minimum absolute atomic E-state index is 0.175. The van der Waals surface area contributed by atoms with Gasteiger partial charge in [-0.1, -0.05) is 6.07 Å². The molecule has 1 aliphatic rings. The van der Waals surface area contributed by atoms with Crippen LogP contribution in [0.25, 0.3) is 0 Å². The van der Waals surface area contributed by atoms with E-state index in [0.29, 0.717) is 0 Å². The van der Waals surface area contributed by atoms with Crippen LogP contribution in [0.1, 0.15) is 24.1 Å². The van der Waals surface area contributed by atoms with Crippen molar-refractivity contribution in [1.29, 1.82) is 0 Å². The molecule has 162 valence electrons. The van der Waals surface area contributed by atoms with Gasteiger partial charge in [0, 0.05) is 50.3 Å². The van der Waals surface area contributed by atoms with Crippen LogP contribution in [0.4, 0.5) is 14.5 Å². The minimum Gasteiger partial charge on any atom is -0.435 e. The van der Waals surface area contributed by atoms with E-state index in [0.717, 1.165) is 56.2 Å². The van der Waals surface area contributed by atoms with Crippen molar-refractivity contribution < 1.29 is 13.5 Å². The number of benzene rings is 1. The maximum Gasteiger partial charge on any atom is 0.387 e. The van der Waals surface area contributed by atoms with Gasteiger partial charge in [0.1, 0.15) is 5.75 Å². The first-order chi connectivity index (χ1) is 14.5. The lowest BCUT2D eigenvalue weighted by Crippen LogP contribution is -2.51. The van der Waals surface area contributed by atoms with Gasteiger partial charge in [0.15, 0.2) is 5.96 Å². The summed E-state index contributed by atoms with van der Waals surface area (Å²) in [6.07, 6.45) is 4.87. The normalized spacial score (nSPS) is 17.2. The zero-order valence-electron chi connectivity index (χ0n) is 17.4. The van der Waals surface area contributed by atoms with Crippen LogP contribution < -0.4 is 20.3 Å². The van der Waals surface area contributed by atoms with Crippen molar-refractivity contribution in [2.24, 2.45) is 4.99 Å². The average Bonchev–Trinajstić information content (AvgIpc) is 2.75. The van der Waals surface area contributed by atoms with Gasteiger partial charge in [0.05, 0.1) is 0 Å². The van der Waals surface area contributed by atoms with E-state index in [-0.39, 0.29) is 11.8 Å². The lowest BCUT2D eigenvalue weighted by atomic mass is 10.0. The van der Waals surface area contributed by atoms with Crippen LogP contribution in [-0.4, -0.2) is 50.3 Å². The Labute approximate surface area is 176 Å². The molecule has 1 atom stereocenters. The molecule has 1 aliphatic heterocycles. The Balaban J connectivity index is 1.48. The quantitative estimate of drug-likeness (QED) is 0.534. The third kappa shape index (κ3) is 6.57. The molecule has 1 aromatic heterocycles. The molecule has 2 aromatic rings. The van der Waals surface area contributed by atoms with Crippen molar-refractivity contribution in [3.05, 3.63) is 53.9 Å². The van der Waals surface area contributed by atoms with Crippen LogP contribution >= 0.6 is 0 Å². The number of anilines is 1. The van der Waals surface area contributed by atoms with Gasteiger partial charge < -0.3 is 20.3 Å². The van der Waals surface area contributed by atoms with Gasteiger partial charge >= 0.3 is 6.61 Å². The molecular weight excluding hydrogens is 388 g/mol. The fraction of sp³-hybridized carbons (Fsp3) is 0.455. The molecule has 0 bridgehead atoms. The maximum absolute atomic E-state index is 12.3. The molecule has 1 aromatic carbocycles. The van der Waals surface area contributed by atoms with E-state index in [4.69, 9.17) is 0 Å². The molecule has 0 radical (unpaired) electrons. The summed E-state index contributed by atoms with van der Waals surface area (Å²) in [6, 6.07) is 11.2. The zero-order chi connectivity index (χ0) is 21.3. The van der Waals surface area contributed by atoms with Crippen molar-refractivity contribution in [3.8, 4) is 5.75 Å². The smallest absolute Gasteiger partial charge is 0.387 e. The van der Waals surface area contributed by atoms with Gasteiger partial charge in [0.25, 0.3) is 0 Å². The van der Waals surface area contributed by atoms with Crippen LogP contribution in [0.5, 0.6) is 5.75 Å². The lowest BCUT2D eigenvalue weighted by Gasteiger charge is -2.35. The second-order valence-electron chi connectivity index (χ2n) is 7.36. The summed E-state index contributed by atoms with van der Waals surface area (Å²) in [6.45, 7) is 1.69. The predicted molar refractivity (Wildman–Crippen MR) is 115 cm³/mol. The number of alkyl halides is 2. The Morgan fingerprint density at radius 3 is 2.73 bits per heavy atom. The first-order valence-electron chi connectivity index (χ1n) is 10.2. The van der Waals surface area contributed by atoms with Crippen molar-refractivity contribution in [2.45, 2.75) is 38.8 Å². The van der Waals surface area contributed by atoms with E-state index in [1.807, 2.05) is 31.3 Å². The van der Waals surface area contributed by atoms with Crippen molar-refractivity contribution >= 4 is 11.6 Å². The number of halogens is 2. The molecule has 2 heterocycles. The Kier molecular flexibility index (Phi) is 7.82. The van der Waals surface area contributed by atoms with Gasteiger partial charge in [-0.15, -0.1) is 0 Å². The summed E-state index contributed by atoms with van der Waals surface area (Å²) >= 11 is 0. The SMILES string of the molecule is CN=C(NCCc1ccc(C)nc1)NC1CCCN(c2ccc(OC(F)F)cc2)C1. The number of rotatable bonds is 7. The van der Waals surface area contributed by atoms with E-state index in [2.05, 4.69) is 36.3 Å². The van der Waals surface area contributed by atoms with Crippen LogP contribution in [0.3, 0.4) is 0 Å². The van der Waals surface area contributed by atoms with Crippen molar-refractivity contribution in [1.82, 2.24) is 15.6 Å². The Hall–Kier alpha value is -2.90. The molecule has 0 amide bonds. The van der Waals surface area contributed by atoms with Gasteiger partial charge in [-0.2, -0.15) is 8.78 Å². The first kappa shape index (κ1) is 21.8. The highest BCUT2D eigenvalue weighted by molar-refractivity contribution is 5.80. The predicted octanol–water partition coefficient (Wildman–Crippen LogP) is 3.37. The number of aryl methyl sites for hydroxylation is 1. The monoisotopic (exact) mass is 417 g/mol. The number of nitrogens with zero attached hydrogens (tertiary/aromatic N) is 3. The zero-order valence-corrected chi connectivity index (χ0v) is 17.4. The number of nitrogens with one attached hydrogen (secondary N) is 2. The highest BCUT2D eigenvalue weighted by Gasteiger charge is 2.21. The Morgan fingerprint density at radius 2 is 2.07 bits per heavy atom. The van der Waals surface area contributed by atoms with Crippen LogP contribution in [0, 0.1) is 6.92 Å². The van der Waals surface area contributed by atoms with Gasteiger partial charge in [0.2, 0.25) is 0 Å². The Bertz CT molecular complexity index is 811. The standard InChI is InChI=1S/C22H29F2N5O/c1-16-5-6-17(14-27-16)11-12-26-22(25-2)28-18-4-3-13-29(15-18)19-7-9-20(10-8-19)30-21(23)24/h5-10,14,18,21H,3-4,11-13,15H2,1-2H3,(H2,25,26,28). The molecule has 3 rings (SSSR count). The first-order valence-corrected chi connectivity index (χ1v) is 10.2. The number of piperidine rings is 1. The Morgan fingerprint density at radius 1 is 1.27 bits per heavy atom. The minimum atomic E-state index is -2.80. The van der Waals surface area contributed by atoms with Crippen LogP contribution in [-0.2, 0) is 6.42 Å². The number of hydrogen-bond donors (Lipinski definition) is 2. The molecule has 30 heavy (non-hydrogen) atoms. The molecule has 0 saturated carbocycles. The van der Waals surface area contributed by atoms with Crippen LogP contribution in [0.15, 0.2) is 47.6 Å². The van der Waals surface area contributed by atoms with Crippen molar-refractivity contribution in [2.75, 3.05) is 31.6 Å². The van der Waals surface area contributed by atoms with E-state index in [9.17, 15) is 8.78 Å². The van der Waals surface area contributed by atoms with Crippen LogP contribution in [0.2, 0.25) is 0 Å². The van der Waals surface area contributed by atoms with E-state index in [1.165, 1.54) is 5.56 Å². The molecule has 1 fully saturated rings. The third-order valence-electron chi connectivity index (χ3n) is 5.09. The molecule has 6 nitrogen and oxygen atoms in total. The summed E-state index contributed by atoms with van der Waals surface area (Å²) in [5.41, 5.74) is 3.20. The molecule has 0 spiro atoms. The largest absolute Gasteiger partial charge is 0.435 e. The van der Waals surface area contributed by atoms with E-state index in [1.54, 1.807) is 19.2 Å². The molecule has 1 unspecified atom stereocenters. The third-order valence-corrected chi connectivity index (χ3v) is 5.09. The van der Waals surface area contributed by atoms with Gasteiger partial charge in [-0.3, -0.25) is 9.98 Å². The number of aliphatic imine (C=N–C) groups is 1. The molecular formula is C22H29F2N5O. The summed E-state index contributed by atoms with van der Waals surface area (Å²) in [4.78, 5) is 10.9. The molecule has 2 N–H and O–H groups in total. The van der Waals surface area contributed by atoms with E-state index < -0.39 is 6.61 Å².